The van der Waals surface area contributed by atoms with Crippen molar-refractivity contribution >= 4 is 18.0 Å². The molecule has 126 valence electrons. The van der Waals surface area contributed by atoms with Crippen molar-refractivity contribution in [3.8, 4) is 0 Å². The second kappa shape index (κ2) is 9.60. The molecule has 0 amide bonds. The van der Waals surface area contributed by atoms with Crippen molar-refractivity contribution in [1.82, 2.24) is 0 Å². The summed E-state index contributed by atoms with van der Waals surface area (Å²) >= 11 is 0. The summed E-state index contributed by atoms with van der Waals surface area (Å²) in [5, 5.41) is 4.10. The molecule has 4 heteroatoms. The lowest BCUT2D eigenvalue weighted by Crippen LogP contribution is -1.95. The number of unbranched alkanes of at least 4 members (excludes halogenated alkanes) is 2. The van der Waals surface area contributed by atoms with Gasteiger partial charge in [-0.15, -0.1) is 0 Å². The van der Waals surface area contributed by atoms with Crippen LogP contribution in [0.5, 0.6) is 0 Å². The fourth-order valence-corrected chi connectivity index (χ4v) is 2.28. The Morgan fingerprint density at radius 2 is 1.88 bits per heavy atom. The van der Waals surface area contributed by atoms with Crippen molar-refractivity contribution in [3.63, 3.8) is 0 Å². The highest BCUT2D eigenvalue weighted by atomic mass is 19.1. The molecule has 2 nitrogen and oxygen atoms in total. The fraction of sp³-hybridized carbons (Fsp3) is 0.250. The van der Waals surface area contributed by atoms with Crippen molar-refractivity contribution < 1.29 is 8.78 Å². The summed E-state index contributed by atoms with van der Waals surface area (Å²) in [7, 11) is 0. The van der Waals surface area contributed by atoms with Gasteiger partial charge in [-0.2, -0.15) is 5.10 Å². The largest absolute Gasteiger partial charge is 0.276 e. The number of allylic oxidation sites excluding steroid dienone is 1. The molecule has 2 aromatic rings. The molecule has 2 aromatic carbocycles. The van der Waals surface area contributed by atoms with Crippen LogP contribution in [0.3, 0.4) is 0 Å². The highest BCUT2D eigenvalue weighted by Crippen LogP contribution is 2.16. The highest BCUT2D eigenvalue weighted by molar-refractivity contribution is 5.85. The summed E-state index contributed by atoms with van der Waals surface area (Å²) in [6.07, 6.45) is 8.05. The Kier molecular flexibility index (Phi) is 7.15. The van der Waals surface area contributed by atoms with Gasteiger partial charge in [-0.1, -0.05) is 56.2 Å². The predicted octanol–water partition coefficient (Wildman–Crippen LogP) is 6.03. The maximum atomic E-state index is 13.6. The van der Waals surface area contributed by atoms with Gasteiger partial charge < -0.3 is 0 Å². The van der Waals surface area contributed by atoms with Gasteiger partial charge in [0.05, 0.1) is 11.9 Å². The normalized spacial score (nSPS) is 11.9. The molecule has 0 heterocycles. The minimum absolute atomic E-state index is 0.153. The van der Waals surface area contributed by atoms with Crippen LogP contribution in [0.4, 0.5) is 14.5 Å². The minimum Gasteiger partial charge on any atom is -0.276 e. The summed E-state index contributed by atoms with van der Waals surface area (Å²) in [4.78, 5) is 0. The van der Waals surface area contributed by atoms with E-state index in [2.05, 4.69) is 23.5 Å². The monoisotopic (exact) mass is 328 g/mol. The average Bonchev–Trinajstić information content (AvgIpc) is 2.58. The Hall–Kier alpha value is -2.49. The van der Waals surface area contributed by atoms with E-state index in [4.69, 9.17) is 0 Å². The Bertz CT molecular complexity index is 694. The Balaban J connectivity index is 2.07. The fourth-order valence-electron chi connectivity index (χ4n) is 2.28. The second-order valence-electron chi connectivity index (χ2n) is 5.58. The molecule has 24 heavy (non-hydrogen) atoms. The molecule has 0 saturated heterocycles. The van der Waals surface area contributed by atoms with Gasteiger partial charge in [0.15, 0.2) is 5.82 Å². The molecule has 0 aliphatic rings. The first kappa shape index (κ1) is 17.9. The molecule has 2 rings (SSSR count). The van der Waals surface area contributed by atoms with E-state index in [0.717, 1.165) is 42.9 Å². The number of hydrazone groups is 1. The first-order chi connectivity index (χ1) is 11.7. The lowest BCUT2D eigenvalue weighted by molar-refractivity contribution is 0.585. The Labute approximate surface area is 141 Å². The highest BCUT2D eigenvalue weighted by Gasteiger charge is 2.02. The molecule has 0 spiro atoms. The lowest BCUT2D eigenvalue weighted by atomic mass is 10.1. The van der Waals surface area contributed by atoms with Crippen molar-refractivity contribution in [2.24, 2.45) is 5.10 Å². The lowest BCUT2D eigenvalue weighted by Gasteiger charge is -2.04. The van der Waals surface area contributed by atoms with E-state index < -0.39 is 11.6 Å². The Morgan fingerprint density at radius 3 is 2.58 bits per heavy atom. The average molecular weight is 328 g/mol. The van der Waals surface area contributed by atoms with Crippen LogP contribution in [0.15, 0.2) is 59.2 Å². The molecule has 0 bridgehead atoms. The zero-order valence-corrected chi connectivity index (χ0v) is 13.8. The van der Waals surface area contributed by atoms with Crippen LogP contribution < -0.4 is 5.43 Å². The van der Waals surface area contributed by atoms with Crippen LogP contribution in [-0.4, -0.2) is 6.21 Å². The zero-order valence-electron chi connectivity index (χ0n) is 13.8. The Morgan fingerprint density at radius 1 is 1.08 bits per heavy atom. The number of rotatable bonds is 8. The molecule has 1 N–H and O–H groups in total. The maximum Gasteiger partial charge on any atom is 0.151 e. The molecule has 0 aliphatic carbocycles. The number of halogens is 2. The van der Waals surface area contributed by atoms with Crippen LogP contribution in [-0.2, 0) is 0 Å². The summed E-state index contributed by atoms with van der Waals surface area (Å²) in [6.45, 7) is 2.16. The van der Waals surface area contributed by atoms with Gasteiger partial charge in [-0.25, -0.2) is 8.78 Å². The summed E-state index contributed by atoms with van der Waals surface area (Å²) in [6, 6.07) is 13.4. The quantitative estimate of drug-likeness (QED) is 0.357. The van der Waals surface area contributed by atoms with Gasteiger partial charge in [0.2, 0.25) is 0 Å². The maximum absolute atomic E-state index is 13.6. The molecule has 0 unspecified atom stereocenters. The van der Waals surface area contributed by atoms with E-state index >= 15 is 0 Å². The third-order valence-electron chi connectivity index (χ3n) is 3.57. The second-order valence-corrected chi connectivity index (χ2v) is 5.58. The first-order valence-corrected chi connectivity index (χ1v) is 8.19. The van der Waals surface area contributed by atoms with E-state index in [9.17, 15) is 8.78 Å². The van der Waals surface area contributed by atoms with Crippen molar-refractivity contribution in [1.29, 1.82) is 0 Å². The van der Waals surface area contributed by atoms with E-state index in [1.165, 1.54) is 12.1 Å². The van der Waals surface area contributed by atoms with E-state index in [1.54, 1.807) is 6.21 Å². The number of hydrogen-bond donors (Lipinski definition) is 1. The predicted molar refractivity (Wildman–Crippen MR) is 97.0 cm³/mol. The number of nitrogens with zero attached hydrogens (tertiary/aromatic N) is 1. The topological polar surface area (TPSA) is 24.4 Å². The first-order valence-electron chi connectivity index (χ1n) is 8.19. The van der Waals surface area contributed by atoms with Crippen molar-refractivity contribution in [2.75, 3.05) is 5.43 Å². The molecule has 0 fully saturated rings. The summed E-state index contributed by atoms with van der Waals surface area (Å²) < 4.78 is 26.5. The molecular formula is C20H22F2N2. The van der Waals surface area contributed by atoms with Gasteiger partial charge in [-0.05, 0) is 36.1 Å². The SMILES string of the molecule is CCCCCC(/C=N\Nc1ccc(F)cc1F)=C\c1ccccc1. The van der Waals surface area contributed by atoms with Crippen molar-refractivity contribution in [2.45, 2.75) is 32.6 Å². The zero-order chi connectivity index (χ0) is 17.2. The van der Waals surface area contributed by atoms with Gasteiger partial charge in [0.1, 0.15) is 5.82 Å². The van der Waals surface area contributed by atoms with Gasteiger partial charge in [0.25, 0.3) is 0 Å². The van der Waals surface area contributed by atoms with E-state index in [0.29, 0.717) is 0 Å². The molecule has 0 aliphatic heterocycles. The van der Waals surface area contributed by atoms with Crippen LogP contribution >= 0.6 is 0 Å². The summed E-state index contributed by atoms with van der Waals surface area (Å²) in [5.41, 5.74) is 4.95. The standard InChI is InChI=1S/C20H22F2N2/c1-2-3-5-10-17(13-16-8-6-4-7-9-16)15-23-24-20-12-11-18(21)14-19(20)22/h4,6-9,11-15,24H,2-3,5,10H2,1H3/b17-13+,23-15-. The van der Waals surface area contributed by atoms with Gasteiger partial charge in [-0.3, -0.25) is 5.43 Å². The molecule has 0 atom stereocenters. The van der Waals surface area contributed by atoms with Gasteiger partial charge in [0, 0.05) is 6.07 Å². The van der Waals surface area contributed by atoms with Crippen LogP contribution in [0.25, 0.3) is 6.08 Å². The summed E-state index contributed by atoms with van der Waals surface area (Å²) in [5.74, 6) is -1.27. The van der Waals surface area contributed by atoms with Crippen LogP contribution in [0.2, 0.25) is 0 Å². The number of benzene rings is 2. The molecule has 0 radical (unpaired) electrons. The smallest absolute Gasteiger partial charge is 0.151 e. The molecular weight excluding hydrogens is 306 g/mol. The third kappa shape index (κ3) is 5.95. The van der Waals surface area contributed by atoms with Crippen molar-refractivity contribution in [3.05, 3.63) is 71.3 Å². The van der Waals surface area contributed by atoms with Gasteiger partial charge >= 0.3 is 0 Å². The van der Waals surface area contributed by atoms with Crippen LogP contribution in [0.1, 0.15) is 38.2 Å². The number of anilines is 1. The number of nitrogens with one attached hydrogen (secondary N) is 1. The third-order valence-corrected chi connectivity index (χ3v) is 3.57. The van der Waals surface area contributed by atoms with E-state index in [1.807, 2.05) is 30.3 Å². The molecule has 0 aromatic heterocycles. The number of hydrogen-bond acceptors (Lipinski definition) is 2. The minimum atomic E-state index is -0.660. The van der Waals surface area contributed by atoms with Crippen LogP contribution in [0, 0.1) is 11.6 Å². The molecule has 0 saturated carbocycles. The van der Waals surface area contributed by atoms with E-state index in [-0.39, 0.29) is 5.69 Å².